The molecule has 2 aromatic rings. The number of hydrogen-bond acceptors (Lipinski definition) is 3. The van der Waals surface area contributed by atoms with E-state index < -0.39 is 10.0 Å². The lowest BCUT2D eigenvalue weighted by Gasteiger charge is -2.32. The summed E-state index contributed by atoms with van der Waals surface area (Å²) in [4.78, 5) is 13.1. The van der Waals surface area contributed by atoms with E-state index in [0.717, 1.165) is 11.1 Å². The molecule has 1 amide bonds. The molecular formula is C21H26N2O3S. The standard InChI is InChI=1S/C21H26N2O3S/c1-2-27(25,26)23-15-13-19(14-16-23)22-21(24)20(17-9-5-3-6-10-17)18-11-7-4-8-12-18/h3-12,19-20H,2,13-16H2,1H3,(H,22,24). The van der Waals surface area contributed by atoms with Gasteiger partial charge >= 0.3 is 0 Å². The van der Waals surface area contributed by atoms with E-state index in [0.29, 0.717) is 25.9 Å². The second-order valence-electron chi connectivity index (χ2n) is 6.84. The summed E-state index contributed by atoms with van der Waals surface area (Å²) in [6.07, 6.45) is 1.28. The molecule has 0 radical (unpaired) electrons. The summed E-state index contributed by atoms with van der Waals surface area (Å²) in [7, 11) is -3.15. The number of rotatable bonds is 6. The molecule has 1 aliphatic rings. The van der Waals surface area contributed by atoms with E-state index in [1.54, 1.807) is 6.92 Å². The zero-order valence-electron chi connectivity index (χ0n) is 15.5. The van der Waals surface area contributed by atoms with Crippen molar-refractivity contribution in [1.29, 1.82) is 0 Å². The molecule has 0 spiro atoms. The van der Waals surface area contributed by atoms with E-state index in [9.17, 15) is 13.2 Å². The van der Waals surface area contributed by atoms with Gasteiger partial charge in [-0.25, -0.2) is 12.7 Å². The van der Waals surface area contributed by atoms with Gasteiger partial charge in [-0.1, -0.05) is 60.7 Å². The zero-order valence-corrected chi connectivity index (χ0v) is 16.4. The van der Waals surface area contributed by atoms with Crippen molar-refractivity contribution in [1.82, 2.24) is 9.62 Å². The van der Waals surface area contributed by atoms with Crippen molar-refractivity contribution in [2.24, 2.45) is 0 Å². The normalized spacial score (nSPS) is 16.4. The maximum Gasteiger partial charge on any atom is 0.232 e. The number of nitrogens with zero attached hydrogens (tertiary/aromatic N) is 1. The van der Waals surface area contributed by atoms with E-state index in [4.69, 9.17) is 0 Å². The van der Waals surface area contributed by atoms with Crippen LogP contribution in [-0.2, 0) is 14.8 Å². The minimum Gasteiger partial charge on any atom is -0.352 e. The van der Waals surface area contributed by atoms with Crippen LogP contribution in [0.25, 0.3) is 0 Å². The van der Waals surface area contributed by atoms with Gasteiger partial charge in [0, 0.05) is 19.1 Å². The Hall–Kier alpha value is -2.18. The molecule has 0 aliphatic carbocycles. The first-order valence-corrected chi connectivity index (χ1v) is 11.0. The number of carbonyl (C=O) groups excluding carboxylic acids is 1. The molecule has 1 heterocycles. The summed E-state index contributed by atoms with van der Waals surface area (Å²) in [6.45, 7) is 2.58. The fourth-order valence-corrected chi connectivity index (χ4v) is 4.66. The first-order valence-electron chi connectivity index (χ1n) is 9.39. The average Bonchev–Trinajstić information content (AvgIpc) is 2.70. The summed E-state index contributed by atoms with van der Waals surface area (Å²) in [6, 6.07) is 19.5. The molecule has 1 fully saturated rings. The summed E-state index contributed by atoms with van der Waals surface area (Å²) in [5.74, 6) is -0.289. The molecule has 27 heavy (non-hydrogen) atoms. The van der Waals surface area contributed by atoms with Gasteiger partial charge < -0.3 is 5.32 Å². The molecule has 0 bridgehead atoms. The third-order valence-corrected chi connectivity index (χ3v) is 6.97. The second kappa shape index (κ2) is 8.67. The van der Waals surface area contributed by atoms with Gasteiger partial charge in [-0.15, -0.1) is 0 Å². The maximum atomic E-state index is 13.1. The second-order valence-corrected chi connectivity index (χ2v) is 9.09. The Labute approximate surface area is 161 Å². The monoisotopic (exact) mass is 386 g/mol. The highest BCUT2D eigenvalue weighted by Crippen LogP contribution is 2.25. The van der Waals surface area contributed by atoms with E-state index in [1.165, 1.54) is 4.31 Å². The van der Waals surface area contributed by atoms with Gasteiger partial charge in [-0.05, 0) is 30.9 Å². The molecular weight excluding hydrogens is 360 g/mol. The molecule has 2 aromatic carbocycles. The third-order valence-electron chi connectivity index (χ3n) is 5.09. The van der Waals surface area contributed by atoms with Crippen LogP contribution < -0.4 is 5.32 Å². The summed E-state index contributed by atoms with van der Waals surface area (Å²) in [5.41, 5.74) is 1.90. The molecule has 144 valence electrons. The Kier molecular flexibility index (Phi) is 6.29. The largest absolute Gasteiger partial charge is 0.352 e. The van der Waals surface area contributed by atoms with Crippen molar-refractivity contribution >= 4 is 15.9 Å². The van der Waals surface area contributed by atoms with Crippen LogP contribution in [0.4, 0.5) is 0 Å². The Morgan fingerprint density at radius 1 is 1.00 bits per heavy atom. The van der Waals surface area contributed by atoms with Crippen LogP contribution in [0.5, 0.6) is 0 Å². The number of nitrogens with one attached hydrogen (secondary N) is 1. The Bertz CT molecular complexity index is 806. The van der Waals surface area contributed by atoms with E-state index in [1.807, 2.05) is 60.7 Å². The summed E-state index contributed by atoms with van der Waals surface area (Å²) < 4.78 is 25.5. The Morgan fingerprint density at radius 2 is 1.48 bits per heavy atom. The van der Waals surface area contributed by atoms with Crippen LogP contribution in [0, 0.1) is 0 Å². The maximum absolute atomic E-state index is 13.1. The number of amides is 1. The van der Waals surface area contributed by atoms with E-state index in [2.05, 4.69) is 5.32 Å². The third kappa shape index (κ3) is 4.76. The van der Waals surface area contributed by atoms with Crippen molar-refractivity contribution in [3.8, 4) is 0 Å². The molecule has 1 N–H and O–H groups in total. The van der Waals surface area contributed by atoms with Crippen molar-refractivity contribution < 1.29 is 13.2 Å². The van der Waals surface area contributed by atoms with E-state index >= 15 is 0 Å². The molecule has 0 saturated carbocycles. The molecule has 6 heteroatoms. The fourth-order valence-electron chi connectivity index (χ4n) is 3.53. The zero-order chi connectivity index (χ0) is 19.3. The highest BCUT2D eigenvalue weighted by atomic mass is 32.2. The number of piperidine rings is 1. The molecule has 0 atom stereocenters. The van der Waals surface area contributed by atoms with Gasteiger partial charge in [0.2, 0.25) is 15.9 Å². The number of benzene rings is 2. The number of hydrogen-bond donors (Lipinski definition) is 1. The lowest BCUT2D eigenvalue weighted by atomic mass is 9.90. The molecule has 0 aromatic heterocycles. The lowest BCUT2D eigenvalue weighted by Crippen LogP contribution is -2.47. The van der Waals surface area contributed by atoms with Crippen molar-refractivity contribution in [2.45, 2.75) is 31.7 Å². The van der Waals surface area contributed by atoms with Gasteiger partial charge in [0.15, 0.2) is 0 Å². The Balaban J connectivity index is 1.71. The summed E-state index contributed by atoms with van der Waals surface area (Å²) >= 11 is 0. The highest BCUT2D eigenvalue weighted by molar-refractivity contribution is 7.89. The number of carbonyl (C=O) groups is 1. The van der Waals surface area contributed by atoms with Crippen LogP contribution >= 0.6 is 0 Å². The number of sulfonamides is 1. The van der Waals surface area contributed by atoms with Crippen molar-refractivity contribution in [3.63, 3.8) is 0 Å². The SMILES string of the molecule is CCS(=O)(=O)N1CCC(NC(=O)C(c2ccccc2)c2ccccc2)CC1. The molecule has 3 rings (SSSR count). The van der Waals surface area contributed by atoms with Gasteiger partial charge in [-0.3, -0.25) is 4.79 Å². The van der Waals surface area contributed by atoms with Crippen molar-refractivity contribution in [2.75, 3.05) is 18.8 Å². The first kappa shape index (κ1) is 19.6. The fraction of sp³-hybridized carbons (Fsp3) is 0.381. The predicted octanol–water partition coefficient (Wildman–Crippen LogP) is 2.75. The van der Waals surface area contributed by atoms with Crippen molar-refractivity contribution in [3.05, 3.63) is 71.8 Å². The quantitative estimate of drug-likeness (QED) is 0.830. The van der Waals surface area contributed by atoms with Crippen LogP contribution in [0.1, 0.15) is 36.8 Å². The van der Waals surface area contributed by atoms with Crippen LogP contribution in [0.3, 0.4) is 0 Å². The van der Waals surface area contributed by atoms with Gasteiger partial charge in [0.25, 0.3) is 0 Å². The Morgan fingerprint density at radius 3 is 1.93 bits per heavy atom. The van der Waals surface area contributed by atoms with Crippen LogP contribution in [0.15, 0.2) is 60.7 Å². The lowest BCUT2D eigenvalue weighted by molar-refractivity contribution is -0.122. The minimum absolute atomic E-state index is 0.00395. The summed E-state index contributed by atoms with van der Waals surface area (Å²) in [5, 5.41) is 3.15. The average molecular weight is 387 g/mol. The van der Waals surface area contributed by atoms with E-state index in [-0.39, 0.29) is 23.6 Å². The van der Waals surface area contributed by atoms with Gasteiger partial charge in [0.1, 0.15) is 0 Å². The minimum atomic E-state index is -3.15. The van der Waals surface area contributed by atoms with Crippen LogP contribution in [0.2, 0.25) is 0 Å². The first-order chi connectivity index (χ1) is 13.0. The predicted molar refractivity (Wildman–Crippen MR) is 107 cm³/mol. The highest BCUT2D eigenvalue weighted by Gasteiger charge is 2.30. The molecule has 1 saturated heterocycles. The smallest absolute Gasteiger partial charge is 0.232 e. The van der Waals surface area contributed by atoms with Crippen LogP contribution in [-0.4, -0.2) is 43.5 Å². The molecule has 1 aliphatic heterocycles. The molecule has 5 nitrogen and oxygen atoms in total. The molecule has 0 unspecified atom stereocenters. The van der Waals surface area contributed by atoms with Gasteiger partial charge in [-0.2, -0.15) is 0 Å². The van der Waals surface area contributed by atoms with Gasteiger partial charge in [0.05, 0.1) is 11.7 Å². The topological polar surface area (TPSA) is 66.5 Å².